The highest BCUT2D eigenvalue weighted by atomic mass is 32.2. The number of rotatable bonds is 7. The molecule has 0 bridgehead atoms. The molecule has 2 aromatic carbocycles. The number of nitrogens with one attached hydrogen (secondary N) is 1. The lowest BCUT2D eigenvalue weighted by Gasteiger charge is -2.16. The number of carbonyl (C=O) groups excluding carboxylic acids is 2. The Morgan fingerprint density at radius 1 is 1.03 bits per heavy atom. The Morgan fingerprint density at radius 2 is 1.77 bits per heavy atom. The molecule has 1 aliphatic rings. The maximum Gasteiger partial charge on any atom is 0.287 e. The van der Waals surface area contributed by atoms with Gasteiger partial charge in [0.15, 0.2) is 15.6 Å². The Kier molecular flexibility index (Phi) is 5.90. The monoisotopic (exact) mass is 438 g/mol. The number of sulfone groups is 1. The Labute approximate surface area is 180 Å². The van der Waals surface area contributed by atoms with Crippen LogP contribution in [-0.2, 0) is 26.9 Å². The van der Waals surface area contributed by atoms with Crippen molar-refractivity contribution in [3.05, 3.63) is 83.8 Å². The molecule has 31 heavy (non-hydrogen) atoms. The van der Waals surface area contributed by atoms with Crippen LogP contribution in [0.1, 0.15) is 34.5 Å². The second-order valence-electron chi connectivity index (χ2n) is 7.35. The van der Waals surface area contributed by atoms with Crippen molar-refractivity contribution in [2.24, 2.45) is 0 Å². The average Bonchev–Trinajstić information content (AvgIpc) is 3.41. The van der Waals surface area contributed by atoms with Crippen molar-refractivity contribution in [1.29, 1.82) is 0 Å². The molecule has 7 nitrogen and oxygen atoms in total. The average molecular weight is 439 g/mol. The summed E-state index contributed by atoms with van der Waals surface area (Å²) in [6.07, 6.45) is 2.75. The fourth-order valence-corrected chi connectivity index (χ4v) is 4.92. The summed E-state index contributed by atoms with van der Waals surface area (Å²) in [6, 6.07) is 17.0. The SMILES string of the molecule is O=C(NCc1ccc(N2CCCC2=O)cc1)c1occc1CS(=O)(=O)c1ccccc1. The molecule has 1 aromatic heterocycles. The van der Waals surface area contributed by atoms with E-state index in [1.807, 2.05) is 24.3 Å². The van der Waals surface area contributed by atoms with Crippen LogP contribution in [0.25, 0.3) is 0 Å². The third-order valence-electron chi connectivity index (χ3n) is 5.18. The number of hydrogen-bond donors (Lipinski definition) is 1. The van der Waals surface area contributed by atoms with Gasteiger partial charge in [-0.2, -0.15) is 0 Å². The summed E-state index contributed by atoms with van der Waals surface area (Å²) in [5.74, 6) is -0.702. The van der Waals surface area contributed by atoms with E-state index in [2.05, 4.69) is 5.32 Å². The van der Waals surface area contributed by atoms with Crippen LogP contribution in [0.4, 0.5) is 5.69 Å². The highest BCUT2D eigenvalue weighted by Crippen LogP contribution is 2.22. The minimum Gasteiger partial charge on any atom is -0.459 e. The second-order valence-corrected chi connectivity index (χ2v) is 9.33. The van der Waals surface area contributed by atoms with Crippen LogP contribution in [0.15, 0.2) is 76.2 Å². The summed E-state index contributed by atoms with van der Waals surface area (Å²) in [6.45, 7) is 0.973. The van der Waals surface area contributed by atoms with Gasteiger partial charge in [-0.15, -0.1) is 0 Å². The number of nitrogens with zero attached hydrogens (tertiary/aromatic N) is 1. The number of benzene rings is 2. The lowest BCUT2D eigenvalue weighted by molar-refractivity contribution is -0.117. The lowest BCUT2D eigenvalue weighted by atomic mass is 10.2. The maximum absolute atomic E-state index is 12.6. The normalized spacial score (nSPS) is 14.1. The van der Waals surface area contributed by atoms with Crippen molar-refractivity contribution in [2.45, 2.75) is 30.0 Å². The summed E-state index contributed by atoms with van der Waals surface area (Å²) < 4.78 is 30.5. The molecule has 1 fully saturated rings. The predicted octanol–water partition coefficient (Wildman–Crippen LogP) is 3.31. The summed E-state index contributed by atoms with van der Waals surface area (Å²) in [4.78, 5) is 26.4. The zero-order valence-corrected chi connectivity index (χ0v) is 17.6. The number of amides is 2. The standard InChI is InChI=1S/C23H22N2O5S/c26-21-7-4-13-25(21)19-10-8-17(9-11-19)15-24-23(27)22-18(12-14-30-22)16-31(28,29)20-5-2-1-3-6-20/h1-3,5-6,8-12,14H,4,7,13,15-16H2,(H,24,27). The van der Waals surface area contributed by atoms with Crippen LogP contribution in [0, 0.1) is 0 Å². The summed E-state index contributed by atoms with van der Waals surface area (Å²) in [7, 11) is -3.60. The van der Waals surface area contributed by atoms with Gasteiger partial charge in [-0.05, 0) is 42.3 Å². The van der Waals surface area contributed by atoms with Crippen LogP contribution >= 0.6 is 0 Å². The van der Waals surface area contributed by atoms with Crippen molar-refractivity contribution < 1.29 is 22.4 Å². The van der Waals surface area contributed by atoms with E-state index < -0.39 is 15.7 Å². The molecule has 1 aliphatic heterocycles. The summed E-state index contributed by atoms with van der Waals surface area (Å²) in [5.41, 5.74) is 2.01. The molecule has 0 atom stereocenters. The van der Waals surface area contributed by atoms with E-state index in [1.54, 1.807) is 23.1 Å². The van der Waals surface area contributed by atoms with E-state index in [0.29, 0.717) is 12.0 Å². The van der Waals surface area contributed by atoms with Crippen molar-refractivity contribution in [1.82, 2.24) is 5.32 Å². The third-order valence-corrected chi connectivity index (χ3v) is 6.86. The van der Waals surface area contributed by atoms with E-state index >= 15 is 0 Å². The second kappa shape index (κ2) is 8.77. The topological polar surface area (TPSA) is 96.7 Å². The van der Waals surface area contributed by atoms with Gasteiger partial charge in [0.2, 0.25) is 5.91 Å². The smallest absolute Gasteiger partial charge is 0.287 e. The van der Waals surface area contributed by atoms with Gasteiger partial charge in [0.1, 0.15) is 0 Å². The number of anilines is 1. The predicted molar refractivity (Wildman–Crippen MR) is 115 cm³/mol. The van der Waals surface area contributed by atoms with Gasteiger partial charge < -0.3 is 14.6 Å². The van der Waals surface area contributed by atoms with E-state index in [1.165, 1.54) is 24.5 Å². The molecule has 1 N–H and O–H groups in total. The summed E-state index contributed by atoms with van der Waals surface area (Å²) in [5, 5.41) is 2.76. The Hall–Kier alpha value is -3.39. The maximum atomic E-state index is 12.6. The molecule has 0 saturated carbocycles. The molecule has 0 unspecified atom stereocenters. The van der Waals surface area contributed by atoms with Gasteiger partial charge in [-0.1, -0.05) is 30.3 Å². The molecular formula is C23H22N2O5S. The van der Waals surface area contributed by atoms with Gasteiger partial charge in [0.25, 0.3) is 5.91 Å². The number of carbonyl (C=O) groups is 2. The number of hydrogen-bond acceptors (Lipinski definition) is 5. The Bertz CT molecular complexity index is 1180. The van der Waals surface area contributed by atoms with Gasteiger partial charge in [0, 0.05) is 30.8 Å². The van der Waals surface area contributed by atoms with Crippen molar-refractivity contribution in [3.8, 4) is 0 Å². The van der Waals surface area contributed by atoms with E-state index in [4.69, 9.17) is 4.42 Å². The first-order valence-corrected chi connectivity index (χ1v) is 11.6. The van der Waals surface area contributed by atoms with Crippen molar-refractivity contribution >= 4 is 27.3 Å². The first-order chi connectivity index (χ1) is 14.9. The van der Waals surface area contributed by atoms with Gasteiger partial charge in [-0.3, -0.25) is 9.59 Å². The molecule has 0 radical (unpaired) electrons. The quantitative estimate of drug-likeness (QED) is 0.610. The minimum atomic E-state index is -3.60. The molecule has 160 valence electrons. The van der Waals surface area contributed by atoms with Crippen LogP contribution in [0.3, 0.4) is 0 Å². The van der Waals surface area contributed by atoms with Crippen LogP contribution in [0.2, 0.25) is 0 Å². The van der Waals surface area contributed by atoms with Crippen LogP contribution in [-0.4, -0.2) is 26.8 Å². The fraction of sp³-hybridized carbons (Fsp3) is 0.217. The van der Waals surface area contributed by atoms with Gasteiger partial charge >= 0.3 is 0 Å². The zero-order chi connectivity index (χ0) is 21.8. The van der Waals surface area contributed by atoms with Crippen molar-refractivity contribution in [3.63, 3.8) is 0 Å². The Morgan fingerprint density at radius 3 is 2.45 bits per heavy atom. The third kappa shape index (κ3) is 4.69. The van der Waals surface area contributed by atoms with Crippen LogP contribution < -0.4 is 10.2 Å². The van der Waals surface area contributed by atoms with E-state index in [0.717, 1.165) is 24.2 Å². The van der Waals surface area contributed by atoms with Crippen molar-refractivity contribution in [2.75, 3.05) is 11.4 Å². The largest absolute Gasteiger partial charge is 0.459 e. The molecule has 0 aliphatic carbocycles. The molecule has 3 aromatic rings. The lowest BCUT2D eigenvalue weighted by Crippen LogP contribution is -2.24. The minimum absolute atomic E-state index is 0.0150. The zero-order valence-electron chi connectivity index (χ0n) is 16.8. The first kappa shape index (κ1) is 20.9. The highest BCUT2D eigenvalue weighted by Gasteiger charge is 2.23. The van der Waals surface area contributed by atoms with Gasteiger partial charge in [0.05, 0.1) is 16.9 Å². The molecule has 2 heterocycles. The molecule has 2 amide bonds. The molecule has 1 saturated heterocycles. The number of furan rings is 1. The molecule has 8 heteroatoms. The van der Waals surface area contributed by atoms with Gasteiger partial charge in [-0.25, -0.2) is 8.42 Å². The first-order valence-electron chi connectivity index (χ1n) is 9.96. The van der Waals surface area contributed by atoms with E-state index in [-0.39, 0.29) is 28.9 Å². The molecular weight excluding hydrogens is 416 g/mol. The highest BCUT2D eigenvalue weighted by molar-refractivity contribution is 7.90. The Balaban J connectivity index is 1.40. The molecule has 0 spiro atoms. The fourth-order valence-electron chi connectivity index (χ4n) is 3.54. The summed E-state index contributed by atoms with van der Waals surface area (Å²) >= 11 is 0. The molecule has 4 rings (SSSR count). The van der Waals surface area contributed by atoms with E-state index in [9.17, 15) is 18.0 Å². The van der Waals surface area contributed by atoms with Crippen LogP contribution in [0.5, 0.6) is 0 Å².